The molecule has 0 unspecified atom stereocenters. The van der Waals surface area contributed by atoms with Gasteiger partial charge in [-0.25, -0.2) is 0 Å². The third-order valence-corrected chi connectivity index (χ3v) is 4.96. The number of hydrogen-bond donors (Lipinski definition) is 2. The fourth-order valence-electron chi connectivity index (χ4n) is 3.57. The summed E-state index contributed by atoms with van der Waals surface area (Å²) in [6.07, 6.45) is 2.93. The minimum atomic E-state index is 0.00818. The summed E-state index contributed by atoms with van der Waals surface area (Å²) in [5.74, 6) is 0.984. The number of rotatable bonds is 5. The van der Waals surface area contributed by atoms with E-state index in [0.717, 1.165) is 41.8 Å². The van der Waals surface area contributed by atoms with Crippen molar-refractivity contribution < 1.29 is 9.53 Å². The molecule has 2 N–H and O–H groups in total. The number of carbonyl (C=O) groups is 1. The number of hydrogen-bond acceptors (Lipinski definition) is 3. The number of ether oxygens (including phenoxy) is 1. The van der Waals surface area contributed by atoms with E-state index >= 15 is 0 Å². The lowest BCUT2D eigenvalue weighted by atomic mass is 9.87. The maximum absolute atomic E-state index is 12.3. The molecule has 0 radical (unpaired) electrons. The molecule has 2 aromatic rings. The number of nitrogens with one attached hydrogen (secondary N) is 2. The normalized spacial score (nSPS) is 16.2. The summed E-state index contributed by atoms with van der Waals surface area (Å²) < 4.78 is 5.45. The lowest BCUT2D eigenvalue weighted by Gasteiger charge is -2.26. The van der Waals surface area contributed by atoms with E-state index in [-0.39, 0.29) is 5.91 Å². The third-order valence-electron chi connectivity index (χ3n) is 4.96. The first-order chi connectivity index (χ1) is 12.1. The van der Waals surface area contributed by atoms with Crippen molar-refractivity contribution in [1.29, 1.82) is 0 Å². The van der Waals surface area contributed by atoms with Crippen molar-refractivity contribution in [3.63, 3.8) is 0 Å². The first-order valence-corrected chi connectivity index (χ1v) is 8.82. The molecule has 0 saturated heterocycles. The Morgan fingerprint density at radius 1 is 1.16 bits per heavy atom. The molecule has 1 aliphatic rings. The molecule has 1 amide bonds. The van der Waals surface area contributed by atoms with E-state index in [1.54, 1.807) is 7.11 Å². The van der Waals surface area contributed by atoms with Gasteiger partial charge in [0.25, 0.3) is 0 Å². The molecular weight excluding hydrogens is 312 g/mol. The van der Waals surface area contributed by atoms with Gasteiger partial charge in [0, 0.05) is 11.7 Å². The van der Waals surface area contributed by atoms with Crippen molar-refractivity contribution >= 4 is 11.6 Å². The van der Waals surface area contributed by atoms with E-state index in [2.05, 4.69) is 16.7 Å². The fourth-order valence-corrected chi connectivity index (χ4v) is 3.57. The number of fused-ring (bicyclic) bond motifs is 1. The number of anilines is 1. The molecule has 0 heterocycles. The molecule has 4 heteroatoms. The molecule has 3 rings (SSSR count). The summed E-state index contributed by atoms with van der Waals surface area (Å²) in [6, 6.07) is 12.6. The Bertz CT molecular complexity index is 750. The smallest absolute Gasteiger partial charge is 0.238 e. The summed E-state index contributed by atoms with van der Waals surface area (Å²) in [5.41, 5.74) is 5.73. The second kappa shape index (κ2) is 7.70. The van der Waals surface area contributed by atoms with Gasteiger partial charge in [0.2, 0.25) is 5.91 Å². The third kappa shape index (κ3) is 4.02. The second-order valence-electron chi connectivity index (χ2n) is 6.73. The van der Waals surface area contributed by atoms with Crippen LogP contribution < -0.4 is 15.4 Å². The van der Waals surface area contributed by atoms with Gasteiger partial charge in [-0.3, -0.25) is 4.79 Å². The molecule has 2 aromatic carbocycles. The molecule has 0 bridgehead atoms. The Morgan fingerprint density at radius 2 is 1.88 bits per heavy atom. The van der Waals surface area contributed by atoms with Crippen molar-refractivity contribution in [3.8, 4) is 5.75 Å². The van der Waals surface area contributed by atoms with Crippen molar-refractivity contribution in [2.75, 3.05) is 19.0 Å². The van der Waals surface area contributed by atoms with Gasteiger partial charge >= 0.3 is 0 Å². The Balaban J connectivity index is 1.56. The summed E-state index contributed by atoms with van der Waals surface area (Å²) in [5, 5.41) is 6.44. The van der Waals surface area contributed by atoms with E-state index in [1.807, 2.05) is 44.2 Å². The predicted octanol–water partition coefficient (Wildman–Crippen LogP) is 3.40. The van der Waals surface area contributed by atoms with Gasteiger partial charge in [0.05, 0.1) is 13.7 Å². The number of para-hydroxylation sites is 1. The molecule has 0 saturated carbocycles. The van der Waals surface area contributed by atoms with E-state index in [9.17, 15) is 4.79 Å². The highest BCUT2D eigenvalue weighted by molar-refractivity contribution is 5.93. The van der Waals surface area contributed by atoms with Crippen LogP contribution in [-0.4, -0.2) is 25.6 Å². The fraction of sp³-hybridized carbons (Fsp3) is 0.381. The minimum Gasteiger partial charge on any atom is -0.496 e. The van der Waals surface area contributed by atoms with Gasteiger partial charge in [-0.15, -0.1) is 0 Å². The minimum absolute atomic E-state index is 0.00818. The Kier molecular flexibility index (Phi) is 5.39. The van der Waals surface area contributed by atoms with Crippen LogP contribution in [0.25, 0.3) is 0 Å². The molecule has 132 valence electrons. The van der Waals surface area contributed by atoms with Crippen LogP contribution in [-0.2, 0) is 17.6 Å². The lowest BCUT2D eigenvalue weighted by Crippen LogP contribution is -2.39. The first-order valence-electron chi connectivity index (χ1n) is 8.82. The molecule has 1 atom stereocenters. The summed E-state index contributed by atoms with van der Waals surface area (Å²) in [4.78, 5) is 12.3. The largest absolute Gasteiger partial charge is 0.496 e. The van der Waals surface area contributed by atoms with Crippen LogP contribution in [0.4, 0.5) is 5.69 Å². The van der Waals surface area contributed by atoms with Crippen molar-refractivity contribution in [3.05, 3.63) is 58.7 Å². The van der Waals surface area contributed by atoms with Crippen LogP contribution >= 0.6 is 0 Å². The Morgan fingerprint density at radius 3 is 2.60 bits per heavy atom. The number of methoxy groups -OCH3 is 1. The number of benzene rings is 2. The van der Waals surface area contributed by atoms with Gasteiger partial charge in [0.15, 0.2) is 0 Å². The standard InChI is InChI=1S/C21H26N2O2/c1-14-6-4-7-15(2)21(14)23-20(24)13-22-17-10-11-18-16(12-17)8-5-9-19(18)25-3/h4-9,17,22H,10-13H2,1-3H3,(H,23,24)/t17-/m1/s1. The maximum atomic E-state index is 12.3. The Hall–Kier alpha value is -2.33. The molecule has 0 aromatic heterocycles. The topological polar surface area (TPSA) is 50.4 Å². The molecule has 4 nitrogen and oxygen atoms in total. The van der Waals surface area contributed by atoms with E-state index < -0.39 is 0 Å². The average molecular weight is 338 g/mol. The monoisotopic (exact) mass is 338 g/mol. The SMILES string of the molecule is COc1cccc2c1CC[C@@H](NCC(=O)Nc1c(C)cccc1C)C2. The number of carbonyl (C=O) groups excluding carboxylic acids is 1. The van der Waals surface area contributed by atoms with Crippen LogP contribution in [0.1, 0.15) is 28.7 Å². The van der Waals surface area contributed by atoms with Gasteiger partial charge in [-0.2, -0.15) is 0 Å². The van der Waals surface area contributed by atoms with Crippen LogP contribution in [0.2, 0.25) is 0 Å². The molecule has 25 heavy (non-hydrogen) atoms. The summed E-state index contributed by atoms with van der Waals surface area (Å²) >= 11 is 0. The van der Waals surface area contributed by atoms with Crippen LogP contribution in [0.3, 0.4) is 0 Å². The molecular formula is C21H26N2O2. The highest BCUT2D eigenvalue weighted by Gasteiger charge is 2.21. The lowest BCUT2D eigenvalue weighted by molar-refractivity contribution is -0.115. The van der Waals surface area contributed by atoms with E-state index in [1.165, 1.54) is 11.1 Å². The molecule has 0 spiro atoms. The molecule has 1 aliphatic carbocycles. The Labute approximate surface area is 149 Å². The summed E-state index contributed by atoms with van der Waals surface area (Å²) in [6.45, 7) is 4.36. The highest BCUT2D eigenvalue weighted by Crippen LogP contribution is 2.29. The molecule has 0 aliphatic heterocycles. The van der Waals surface area contributed by atoms with Crippen LogP contribution in [0.5, 0.6) is 5.75 Å². The first kappa shape index (κ1) is 17.5. The predicted molar refractivity (Wildman–Crippen MR) is 101 cm³/mol. The highest BCUT2D eigenvalue weighted by atomic mass is 16.5. The zero-order chi connectivity index (χ0) is 17.8. The van der Waals surface area contributed by atoms with E-state index in [0.29, 0.717) is 12.6 Å². The van der Waals surface area contributed by atoms with Crippen LogP contribution in [0, 0.1) is 13.8 Å². The maximum Gasteiger partial charge on any atom is 0.238 e. The van der Waals surface area contributed by atoms with Crippen molar-refractivity contribution in [2.24, 2.45) is 0 Å². The van der Waals surface area contributed by atoms with Gasteiger partial charge in [-0.1, -0.05) is 30.3 Å². The van der Waals surface area contributed by atoms with Crippen molar-refractivity contribution in [1.82, 2.24) is 5.32 Å². The van der Waals surface area contributed by atoms with Crippen molar-refractivity contribution in [2.45, 2.75) is 39.2 Å². The molecule has 0 fully saturated rings. The van der Waals surface area contributed by atoms with Crippen LogP contribution in [0.15, 0.2) is 36.4 Å². The quantitative estimate of drug-likeness (QED) is 0.878. The second-order valence-corrected chi connectivity index (χ2v) is 6.73. The average Bonchev–Trinajstić information content (AvgIpc) is 2.62. The number of amides is 1. The zero-order valence-electron chi connectivity index (χ0n) is 15.2. The van der Waals surface area contributed by atoms with Gasteiger partial charge < -0.3 is 15.4 Å². The summed E-state index contributed by atoms with van der Waals surface area (Å²) in [7, 11) is 1.72. The zero-order valence-corrected chi connectivity index (χ0v) is 15.2. The number of aryl methyl sites for hydroxylation is 2. The van der Waals surface area contributed by atoms with Gasteiger partial charge in [0.1, 0.15) is 5.75 Å². The van der Waals surface area contributed by atoms with Gasteiger partial charge in [-0.05, 0) is 61.4 Å². The van der Waals surface area contributed by atoms with E-state index in [4.69, 9.17) is 4.74 Å².